The van der Waals surface area contributed by atoms with Gasteiger partial charge in [0.25, 0.3) is 5.24 Å². The van der Waals surface area contributed by atoms with Crippen LogP contribution in [0.1, 0.15) is 44.2 Å². The number of benzene rings is 2. The van der Waals surface area contributed by atoms with Crippen molar-refractivity contribution in [2.45, 2.75) is 70.1 Å². The van der Waals surface area contributed by atoms with E-state index in [1.165, 1.54) is 23.4 Å². The van der Waals surface area contributed by atoms with Crippen molar-refractivity contribution in [3.8, 4) is 5.75 Å². The van der Waals surface area contributed by atoms with Crippen LogP contribution in [0.25, 0.3) is 0 Å². The van der Waals surface area contributed by atoms with E-state index in [1.54, 1.807) is 14.2 Å². The Morgan fingerprint density at radius 2 is 1.84 bits per heavy atom. The Hall–Kier alpha value is -2.81. The SMILES string of the molecule is COc1ccc(CN2C(=O)SC[C@H]2[C@@]2(OC)C[C@H](OC(=O)C=C(C)C)C[C@@H](CCc3ccccc3)O2)cc1. The van der Waals surface area contributed by atoms with E-state index in [1.807, 2.05) is 61.2 Å². The van der Waals surface area contributed by atoms with E-state index < -0.39 is 11.9 Å². The number of methoxy groups -OCH3 is 2. The van der Waals surface area contributed by atoms with E-state index >= 15 is 0 Å². The van der Waals surface area contributed by atoms with Crippen molar-refractivity contribution < 1.29 is 28.5 Å². The van der Waals surface area contributed by atoms with Crippen molar-refractivity contribution in [3.63, 3.8) is 0 Å². The second-order valence-electron chi connectivity index (χ2n) is 10.1. The number of amides is 1. The highest BCUT2D eigenvalue weighted by atomic mass is 32.2. The van der Waals surface area contributed by atoms with Crippen LogP contribution in [0.3, 0.4) is 0 Å². The van der Waals surface area contributed by atoms with Crippen molar-refractivity contribution in [1.82, 2.24) is 4.90 Å². The van der Waals surface area contributed by atoms with Gasteiger partial charge in [0.05, 0.1) is 19.3 Å². The molecule has 4 atom stereocenters. The summed E-state index contributed by atoms with van der Waals surface area (Å²) >= 11 is 1.27. The van der Waals surface area contributed by atoms with E-state index in [9.17, 15) is 9.59 Å². The summed E-state index contributed by atoms with van der Waals surface area (Å²) in [5.41, 5.74) is 3.08. The molecule has 0 radical (unpaired) electrons. The minimum Gasteiger partial charge on any atom is -0.497 e. The molecule has 0 aromatic heterocycles. The third kappa shape index (κ3) is 6.98. The molecule has 2 fully saturated rings. The van der Waals surface area contributed by atoms with Crippen LogP contribution < -0.4 is 4.74 Å². The maximum Gasteiger partial charge on any atom is 0.330 e. The Balaban J connectivity index is 1.57. The van der Waals surface area contributed by atoms with Crippen LogP contribution in [0, 0.1) is 0 Å². The molecule has 2 saturated heterocycles. The molecule has 0 spiro atoms. The molecule has 4 rings (SSSR count). The molecule has 0 aliphatic carbocycles. The highest BCUT2D eigenvalue weighted by Gasteiger charge is 2.54. The maximum absolute atomic E-state index is 13.0. The van der Waals surface area contributed by atoms with Gasteiger partial charge < -0.3 is 23.8 Å². The lowest BCUT2D eigenvalue weighted by Gasteiger charge is -2.48. The van der Waals surface area contributed by atoms with Crippen LogP contribution in [-0.4, -0.2) is 60.1 Å². The number of carbonyl (C=O) groups excluding carboxylic acids is 2. The minimum atomic E-state index is -1.10. The molecule has 38 heavy (non-hydrogen) atoms. The van der Waals surface area contributed by atoms with Crippen molar-refractivity contribution >= 4 is 23.0 Å². The summed E-state index contributed by atoms with van der Waals surface area (Å²) in [4.78, 5) is 27.4. The number of thioether (sulfide) groups is 1. The Bertz CT molecular complexity index is 1120. The topological polar surface area (TPSA) is 74.3 Å². The number of allylic oxidation sites excluding steroid dienone is 1. The van der Waals surface area contributed by atoms with Crippen LogP contribution in [-0.2, 0) is 32.0 Å². The van der Waals surface area contributed by atoms with Crippen molar-refractivity contribution in [2.24, 2.45) is 0 Å². The lowest BCUT2D eigenvalue weighted by molar-refractivity contribution is -0.305. The second-order valence-corrected chi connectivity index (χ2v) is 11.0. The van der Waals surface area contributed by atoms with Crippen molar-refractivity contribution in [3.05, 3.63) is 77.4 Å². The summed E-state index contributed by atoms with van der Waals surface area (Å²) < 4.78 is 24.0. The molecule has 2 aliphatic rings. The van der Waals surface area contributed by atoms with Crippen LogP contribution in [0.2, 0.25) is 0 Å². The summed E-state index contributed by atoms with van der Waals surface area (Å²) in [6.07, 6.45) is 3.42. The van der Waals surface area contributed by atoms with Gasteiger partial charge in [-0.3, -0.25) is 4.79 Å². The molecule has 0 bridgehead atoms. The molecule has 0 unspecified atom stereocenters. The molecule has 2 aromatic rings. The normalized spacial score (nSPS) is 25.2. The van der Waals surface area contributed by atoms with Crippen LogP contribution >= 0.6 is 11.8 Å². The fourth-order valence-corrected chi connectivity index (χ4v) is 6.24. The van der Waals surface area contributed by atoms with Crippen molar-refractivity contribution in [2.75, 3.05) is 20.0 Å². The fraction of sp³-hybridized carbons (Fsp3) is 0.467. The summed E-state index contributed by atoms with van der Waals surface area (Å²) in [5.74, 6) is -0.168. The molecule has 1 amide bonds. The van der Waals surface area contributed by atoms with Crippen LogP contribution in [0.4, 0.5) is 4.79 Å². The van der Waals surface area contributed by atoms with Gasteiger partial charge in [0.1, 0.15) is 11.9 Å². The zero-order valence-corrected chi connectivity index (χ0v) is 23.4. The average molecular weight is 540 g/mol. The van der Waals surface area contributed by atoms with E-state index in [0.29, 0.717) is 25.1 Å². The Morgan fingerprint density at radius 3 is 2.50 bits per heavy atom. The van der Waals surface area contributed by atoms with Gasteiger partial charge in [-0.25, -0.2) is 4.79 Å². The first-order valence-electron chi connectivity index (χ1n) is 13.0. The molecular weight excluding hydrogens is 502 g/mol. The summed E-state index contributed by atoms with van der Waals surface area (Å²) in [6.45, 7) is 4.16. The van der Waals surface area contributed by atoms with Gasteiger partial charge >= 0.3 is 5.97 Å². The van der Waals surface area contributed by atoms with Gasteiger partial charge in [0, 0.05) is 38.3 Å². The lowest BCUT2D eigenvalue weighted by atomic mass is 9.90. The second kappa shape index (κ2) is 12.8. The van der Waals surface area contributed by atoms with Gasteiger partial charge in [-0.05, 0) is 49.9 Å². The van der Waals surface area contributed by atoms with Gasteiger partial charge in [0.2, 0.25) is 0 Å². The quantitative estimate of drug-likeness (QED) is 0.281. The highest BCUT2D eigenvalue weighted by molar-refractivity contribution is 8.13. The first-order valence-corrected chi connectivity index (χ1v) is 14.0. The fourth-order valence-electron chi connectivity index (χ4n) is 5.14. The molecule has 7 nitrogen and oxygen atoms in total. The van der Waals surface area contributed by atoms with E-state index in [0.717, 1.165) is 29.7 Å². The molecule has 2 heterocycles. The monoisotopic (exact) mass is 539 g/mol. The highest BCUT2D eigenvalue weighted by Crippen LogP contribution is 2.42. The number of carbonyl (C=O) groups is 2. The third-order valence-corrected chi connectivity index (χ3v) is 8.00. The largest absolute Gasteiger partial charge is 0.497 e. The maximum atomic E-state index is 13.0. The number of hydrogen-bond donors (Lipinski definition) is 0. The lowest BCUT2D eigenvalue weighted by Crippen LogP contribution is -2.60. The predicted octanol–water partition coefficient (Wildman–Crippen LogP) is 5.77. The Labute approximate surface area is 229 Å². The number of hydrogen-bond acceptors (Lipinski definition) is 7. The number of ether oxygens (including phenoxy) is 4. The van der Waals surface area contributed by atoms with Crippen LogP contribution in [0.5, 0.6) is 5.75 Å². The van der Waals surface area contributed by atoms with Gasteiger partial charge in [-0.15, -0.1) is 0 Å². The number of aryl methyl sites for hydroxylation is 1. The Morgan fingerprint density at radius 1 is 1.11 bits per heavy atom. The molecule has 0 saturated carbocycles. The van der Waals surface area contributed by atoms with Gasteiger partial charge in [-0.2, -0.15) is 0 Å². The molecule has 2 aromatic carbocycles. The number of esters is 1. The van der Waals surface area contributed by atoms with Crippen LogP contribution in [0.15, 0.2) is 66.2 Å². The van der Waals surface area contributed by atoms with E-state index in [4.69, 9.17) is 18.9 Å². The van der Waals surface area contributed by atoms with E-state index in [2.05, 4.69) is 12.1 Å². The van der Waals surface area contributed by atoms with Crippen molar-refractivity contribution in [1.29, 1.82) is 0 Å². The summed E-state index contributed by atoms with van der Waals surface area (Å²) in [5, 5.41) is -0.0182. The minimum absolute atomic E-state index is 0.0182. The third-order valence-electron chi connectivity index (χ3n) is 7.03. The standard InChI is InChI=1S/C30H37NO6S/c1-21(2)16-28(32)36-26-17-25(15-10-22-8-6-5-7-9-22)37-30(18-26,35-4)27-20-38-29(33)31(27)19-23-11-13-24(34-3)14-12-23/h5-9,11-14,16,25-27H,10,15,17-20H2,1-4H3/t25-,26-,27+,30-/m1/s1. The zero-order chi connectivity index (χ0) is 27.1. The Kier molecular flexibility index (Phi) is 9.52. The average Bonchev–Trinajstić information content (AvgIpc) is 3.28. The molecule has 8 heteroatoms. The summed E-state index contributed by atoms with van der Waals surface area (Å²) in [7, 11) is 3.25. The first-order chi connectivity index (χ1) is 18.3. The number of nitrogens with zero attached hydrogens (tertiary/aromatic N) is 1. The van der Waals surface area contributed by atoms with E-state index in [-0.39, 0.29) is 23.4 Å². The summed E-state index contributed by atoms with van der Waals surface area (Å²) in [6, 6.07) is 17.6. The number of rotatable bonds is 10. The van der Waals surface area contributed by atoms with Gasteiger partial charge in [0.15, 0.2) is 5.79 Å². The first kappa shape index (κ1) is 28.2. The molecular formula is C30H37NO6S. The zero-order valence-electron chi connectivity index (χ0n) is 22.6. The predicted molar refractivity (Wildman–Crippen MR) is 148 cm³/mol. The van der Waals surface area contributed by atoms with Gasteiger partial charge in [-0.1, -0.05) is 59.8 Å². The smallest absolute Gasteiger partial charge is 0.330 e. The molecule has 2 aliphatic heterocycles. The molecule has 204 valence electrons. The molecule has 0 N–H and O–H groups in total.